The van der Waals surface area contributed by atoms with Crippen molar-refractivity contribution in [2.24, 2.45) is 5.92 Å². The van der Waals surface area contributed by atoms with Gasteiger partial charge in [-0.1, -0.05) is 29.8 Å². The first-order valence-corrected chi connectivity index (χ1v) is 9.47. The number of allylic oxidation sites excluding steroid dienone is 2. The molecule has 4 rings (SSSR count). The van der Waals surface area contributed by atoms with Crippen LogP contribution in [0, 0.1) is 12.8 Å². The van der Waals surface area contributed by atoms with E-state index >= 15 is 0 Å². The van der Waals surface area contributed by atoms with Gasteiger partial charge in [-0.25, -0.2) is 0 Å². The van der Waals surface area contributed by atoms with Crippen LogP contribution < -0.4 is 14.8 Å². The Morgan fingerprint density at radius 2 is 1.79 bits per heavy atom. The zero-order valence-corrected chi connectivity index (χ0v) is 16.2. The molecule has 0 aromatic heterocycles. The molecule has 2 aliphatic rings. The van der Waals surface area contributed by atoms with Gasteiger partial charge in [-0.2, -0.15) is 0 Å². The van der Waals surface area contributed by atoms with Crippen molar-refractivity contribution in [3.8, 4) is 11.5 Å². The molecule has 1 heterocycles. The van der Waals surface area contributed by atoms with Crippen LogP contribution in [0.1, 0.15) is 48.9 Å². The Morgan fingerprint density at radius 3 is 2.54 bits per heavy atom. The maximum absolute atomic E-state index is 11.7. The third-order valence-electron chi connectivity index (χ3n) is 5.35. The molecule has 1 aliphatic carbocycles. The number of ether oxygens (including phenoxy) is 2. The number of carbonyl (C=O) groups is 2. The fourth-order valence-electron chi connectivity index (χ4n) is 4.27. The fourth-order valence-corrected chi connectivity index (χ4v) is 4.27. The normalized spacial score (nSPS) is 22.0. The van der Waals surface area contributed by atoms with Gasteiger partial charge in [0.05, 0.1) is 6.04 Å². The summed E-state index contributed by atoms with van der Waals surface area (Å²) in [5.74, 6) is 0.601. The Balaban J connectivity index is 1.76. The average Bonchev–Trinajstić information content (AvgIpc) is 3.11. The lowest BCUT2D eigenvalue weighted by atomic mass is 9.76. The van der Waals surface area contributed by atoms with Crippen LogP contribution in [0.5, 0.6) is 11.5 Å². The van der Waals surface area contributed by atoms with E-state index in [2.05, 4.69) is 42.6 Å². The van der Waals surface area contributed by atoms with Crippen molar-refractivity contribution in [3.05, 3.63) is 65.2 Å². The monoisotopic (exact) mass is 377 g/mol. The van der Waals surface area contributed by atoms with Crippen molar-refractivity contribution in [2.75, 3.05) is 5.32 Å². The van der Waals surface area contributed by atoms with Gasteiger partial charge in [-0.05, 0) is 43.0 Å². The summed E-state index contributed by atoms with van der Waals surface area (Å²) in [6.07, 6.45) is 5.44. The van der Waals surface area contributed by atoms with Gasteiger partial charge in [0, 0.05) is 37.1 Å². The number of aryl methyl sites for hydroxylation is 1. The Bertz CT molecular complexity index is 979. The van der Waals surface area contributed by atoms with Gasteiger partial charge in [-0.3, -0.25) is 9.59 Å². The molecule has 2 aromatic carbocycles. The summed E-state index contributed by atoms with van der Waals surface area (Å²) >= 11 is 0. The molecular weight excluding hydrogens is 354 g/mol. The van der Waals surface area contributed by atoms with Crippen LogP contribution in [0.25, 0.3) is 0 Å². The smallest absolute Gasteiger partial charge is 0.308 e. The molecule has 0 radical (unpaired) electrons. The largest absolute Gasteiger partial charge is 0.427 e. The standard InChI is InChI=1S/C23H23NO4/c1-13-7-10-21-20(11-13)17-5-4-6-18(17)23(24-21)19-9-8-16(27-14(2)25)12-22(19)28-15(3)26/h4-5,7-12,17-18,23-24H,6H2,1-3H3/t17-,18-,23-/m1/s1. The van der Waals surface area contributed by atoms with E-state index in [9.17, 15) is 9.59 Å². The maximum atomic E-state index is 11.7. The summed E-state index contributed by atoms with van der Waals surface area (Å²) < 4.78 is 10.7. The number of carbonyl (C=O) groups excluding carboxylic acids is 2. The molecule has 3 atom stereocenters. The molecule has 0 bridgehead atoms. The van der Waals surface area contributed by atoms with E-state index in [-0.39, 0.29) is 6.04 Å². The van der Waals surface area contributed by atoms with Crippen molar-refractivity contribution in [3.63, 3.8) is 0 Å². The number of rotatable bonds is 3. The van der Waals surface area contributed by atoms with Crippen molar-refractivity contribution in [1.29, 1.82) is 0 Å². The van der Waals surface area contributed by atoms with Crippen molar-refractivity contribution < 1.29 is 19.1 Å². The minimum atomic E-state index is -0.415. The van der Waals surface area contributed by atoms with E-state index in [1.807, 2.05) is 6.07 Å². The number of hydrogen-bond donors (Lipinski definition) is 1. The number of hydrogen-bond acceptors (Lipinski definition) is 5. The number of esters is 2. The molecule has 0 saturated carbocycles. The van der Waals surface area contributed by atoms with E-state index < -0.39 is 11.9 Å². The summed E-state index contributed by atoms with van der Waals surface area (Å²) in [6.45, 7) is 4.82. The first-order valence-electron chi connectivity index (χ1n) is 9.47. The third kappa shape index (κ3) is 3.40. The van der Waals surface area contributed by atoms with E-state index in [1.165, 1.54) is 25.0 Å². The highest BCUT2D eigenvalue weighted by atomic mass is 16.5. The van der Waals surface area contributed by atoms with Crippen LogP contribution in [0.3, 0.4) is 0 Å². The summed E-state index contributed by atoms with van der Waals surface area (Å²) in [4.78, 5) is 23.0. The molecule has 144 valence electrons. The number of nitrogens with one attached hydrogen (secondary N) is 1. The van der Waals surface area contributed by atoms with Crippen molar-refractivity contribution >= 4 is 17.6 Å². The highest BCUT2D eigenvalue weighted by Gasteiger charge is 2.39. The lowest BCUT2D eigenvalue weighted by Gasteiger charge is -2.38. The molecule has 5 heteroatoms. The third-order valence-corrected chi connectivity index (χ3v) is 5.35. The lowest BCUT2D eigenvalue weighted by Crippen LogP contribution is -2.29. The van der Waals surface area contributed by atoms with Crippen molar-refractivity contribution in [1.82, 2.24) is 0 Å². The van der Waals surface area contributed by atoms with Crippen molar-refractivity contribution in [2.45, 2.75) is 39.2 Å². The molecule has 0 saturated heterocycles. The molecule has 0 spiro atoms. The second-order valence-corrected chi connectivity index (χ2v) is 7.45. The van der Waals surface area contributed by atoms with Crippen LogP contribution in [0.4, 0.5) is 5.69 Å². The number of benzene rings is 2. The predicted molar refractivity (Wildman–Crippen MR) is 107 cm³/mol. The van der Waals surface area contributed by atoms with E-state index in [0.717, 1.165) is 17.7 Å². The summed E-state index contributed by atoms with van der Waals surface area (Å²) in [6, 6.07) is 11.7. The van der Waals surface area contributed by atoms with Crippen LogP contribution >= 0.6 is 0 Å². The Hall–Kier alpha value is -3.08. The van der Waals surface area contributed by atoms with Gasteiger partial charge in [-0.15, -0.1) is 0 Å². The van der Waals surface area contributed by atoms with Gasteiger partial charge in [0.2, 0.25) is 0 Å². The van der Waals surface area contributed by atoms with E-state index in [0.29, 0.717) is 23.3 Å². The molecule has 0 amide bonds. The predicted octanol–water partition coefficient (Wildman–Crippen LogP) is 4.67. The zero-order chi connectivity index (χ0) is 19.8. The number of anilines is 1. The Kier molecular flexibility index (Phi) is 4.67. The first kappa shape index (κ1) is 18.3. The molecule has 2 aromatic rings. The molecule has 1 N–H and O–H groups in total. The number of fused-ring (bicyclic) bond motifs is 3. The average molecular weight is 377 g/mol. The van der Waals surface area contributed by atoms with Gasteiger partial charge < -0.3 is 14.8 Å². The molecular formula is C23H23NO4. The van der Waals surface area contributed by atoms with Crippen LogP contribution in [-0.4, -0.2) is 11.9 Å². The summed E-state index contributed by atoms with van der Waals surface area (Å²) in [7, 11) is 0. The van der Waals surface area contributed by atoms with Crippen LogP contribution in [0.2, 0.25) is 0 Å². The molecule has 28 heavy (non-hydrogen) atoms. The SMILES string of the molecule is CC(=O)Oc1ccc([C@@H]2Nc3ccc(C)cc3[C@@H]3C=CC[C@H]32)c(OC(C)=O)c1. The quantitative estimate of drug-likeness (QED) is 0.478. The zero-order valence-electron chi connectivity index (χ0n) is 16.2. The topological polar surface area (TPSA) is 64.6 Å². The molecule has 5 nitrogen and oxygen atoms in total. The van der Waals surface area contributed by atoms with E-state index in [4.69, 9.17) is 9.47 Å². The summed E-state index contributed by atoms with van der Waals surface area (Å²) in [5, 5.41) is 3.65. The van der Waals surface area contributed by atoms with Crippen LogP contribution in [0.15, 0.2) is 48.6 Å². The first-order chi connectivity index (χ1) is 13.4. The van der Waals surface area contributed by atoms with Gasteiger partial charge in [0.25, 0.3) is 0 Å². The minimum absolute atomic E-state index is 0.0177. The molecule has 1 aliphatic heterocycles. The van der Waals surface area contributed by atoms with Crippen LogP contribution in [-0.2, 0) is 9.59 Å². The highest BCUT2D eigenvalue weighted by molar-refractivity contribution is 5.72. The van der Waals surface area contributed by atoms with E-state index in [1.54, 1.807) is 12.1 Å². The second kappa shape index (κ2) is 7.15. The highest BCUT2D eigenvalue weighted by Crippen LogP contribution is 2.51. The fraction of sp³-hybridized carbons (Fsp3) is 0.304. The maximum Gasteiger partial charge on any atom is 0.308 e. The Morgan fingerprint density at radius 1 is 1.00 bits per heavy atom. The second-order valence-electron chi connectivity index (χ2n) is 7.45. The van der Waals surface area contributed by atoms with Gasteiger partial charge in [0.1, 0.15) is 11.5 Å². The minimum Gasteiger partial charge on any atom is -0.427 e. The lowest BCUT2D eigenvalue weighted by molar-refractivity contribution is -0.132. The Labute approximate surface area is 164 Å². The molecule has 0 fully saturated rings. The summed E-state index contributed by atoms with van der Waals surface area (Å²) in [5.41, 5.74) is 4.53. The molecule has 0 unspecified atom stereocenters. The van der Waals surface area contributed by atoms with Gasteiger partial charge in [0.15, 0.2) is 0 Å². The van der Waals surface area contributed by atoms with Gasteiger partial charge >= 0.3 is 11.9 Å².